The molecule has 0 amide bonds. The Morgan fingerprint density at radius 3 is 0.818 bits per heavy atom. The van der Waals surface area contributed by atoms with Gasteiger partial charge < -0.3 is 0 Å². The second-order valence-electron chi connectivity index (χ2n) is 35.4. The molecule has 17 aromatic carbocycles. The molecule has 15 aromatic heterocycles. The molecule has 0 spiro atoms. The summed E-state index contributed by atoms with van der Waals surface area (Å²) in [4.78, 5) is 64.6. The van der Waals surface area contributed by atoms with Crippen molar-refractivity contribution in [3.05, 3.63) is 402 Å². The van der Waals surface area contributed by atoms with Crippen LogP contribution in [0.1, 0.15) is 0 Å². The first-order chi connectivity index (χ1) is 71.0. The zero-order valence-corrected chi connectivity index (χ0v) is 80.1. The standard InChI is InChI=1S/C43H24N6S2.C42H23N5S2.C36H19N5S2/c1-3-11-25(12-4-1)26-19-21-28(22-20-26)42-46-41(27-13-5-2-6-14-27)47-43(48-42)49-31-17-9-7-15-29(31)34-35-30-16-8-10-18-32(30)50-39(35)36-37-33(23-44-24-45-37)51-40(36)38(34)49;1-2-10-24(11-3-1)25-18-20-26(21-19-25)37-27-12-4-7-15-30(27)45-42(46-37)47-31-16-8-5-13-28(31)34-35-29-14-6-9-17-32(29)48-40(35)36-38-33(22-43-23-44-38)49-41(36)39(34)47;1-2-10-20(11-3-1)31-21-12-4-7-15-24(21)39-36(40-31)41-25-16-8-5-13-22(25)28-29-23-14-6-9-17-26(23)42-34(29)30-32-27(18-37-19-38-32)43-35(30)33(28)41/h1-24H;1-23H;1-19H. The van der Waals surface area contributed by atoms with E-state index in [1.165, 1.54) is 124 Å². The molecule has 0 aliphatic carbocycles. The van der Waals surface area contributed by atoms with E-state index in [0.717, 1.165) is 140 Å². The van der Waals surface area contributed by atoms with Crippen molar-refractivity contribution < 1.29 is 0 Å². The lowest BCUT2D eigenvalue weighted by Gasteiger charge is -2.12. The van der Waals surface area contributed by atoms with Crippen molar-refractivity contribution in [2.45, 2.75) is 0 Å². The number of benzene rings is 17. The molecule has 15 heterocycles. The fourth-order valence-corrected chi connectivity index (χ4v) is 28.9. The van der Waals surface area contributed by atoms with Crippen molar-refractivity contribution in [2.75, 3.05) is 0 Å². The first kappa shape index (κ1) is 81.4. The molecule has 0 fully saturated rings. The highest BCUT2D eigenvalue weighted by Crippen LogP contribution is 2.57. The third kappa shape index (κ3) is 12.7. The van der Waals surface area contributed by atoms with Gasteiger partial charge in [-0.2, -0.15) is 9.97 Å². The maximum absolute atomic E-state index is 5.44. The minimum atomic E-state index is 0.570. The van der Waals surface area contributed by atoms with Gasteiger partial charge in [0.2, 0.25) is 17.8 Å². The van der Waals surface area contributed by atoms with Crippen LogP contribution in [-0.4, -0.2) is 78.5 Å². The van der Waals surface area contributed by atoms with Crippen LogP contribution in [0, 0.1) is 0 Å². The van der Waals surface area contributed by atoms with E-state index in [1.807, 2.05) is 95.1 Å². The number of hydrogen-bond donors (Lipinski definition) is 0. The topological polar surface area (TPSA) is 182 Å². The van der Waals surface area contributed by atoms with Gasteiger partial charge in [-0.15, -0.1) is 68.0 Å². The van der Waals surface area contributed by atoms with Crippen molar-refractivity contribution in [1.82, 2.24) is 78.5 Å². The van der Waals surface area contributed by atoms with Gasteiger partial charge in [-0.05, 0) is 70.8 Å². The van der Waals surface area contributed by atoms with Crippen molar-refractivity contribution >= 4 is 277 Å². The highest BCUT2D eigenvalue weighted by Gasteiger charge is 2.32. The van der Waals surface area contributed by atoms with Gasteiger partial charge in [-0.1, -0.05) is 315 Å². The van der Waals surface area contributed by atoms with Crippen LogP contribution in [0.25, 0.3) is 294 Å². The Kier molecular flexibility index (Phi) is 18.5. The monoisotopic (exact) mass is 1930 g/mol. The molecule has 0 bridgehead atoms. The van der Waals surface area contributed by atoms with Crippen LogP contribution in [0.5, 0.6) is 0 Å². The highest BCUT2D eigenvalue weighted by molar-refractivity contribution is 7.32. The van der Waals surface area contributed by atoms with Crippen molar-refractivity contribution in [3.8, 4) is 85.4 Å². The smallest absolute Gasteiger partial charge is 0.238 e. The summed E-state index contributed by atoms with van der Waals surface area (Å²) in [5.41, 5.74) is 21.7. The SMILES string of the molecule is c1ccc(-c2ccc(-c3nc(-c4ccccc4)nc(-n4c5ccccc5c5c6c7ccccc7sc6c6c7ncncc7sc6c54)n3)cc2)cc1.c1ccc(-c2ccc(-c3nc(-n4c5ccccc5c5c6c7ccccc7sc6c6c7ncncc7sc6c54)nc4ccccc34)cc2)cc1.c1ccc(-c2nc(-n3c4ccccc4c4c5c6ccccc6sc5c5c6ncncc6sc5c43)nc3ccccc23)cc1. The van der Waals surface area contributed by atoms with Crippen molar-refractivity contribution in [1.29, 1.82) is 0 Å². The summed E-state index contributed by atoms with van der Waals surface area (Å²) in [5.74, 6) is 3.11. The summed E-state index contributed by atoms with van der Waals surface area (Å²) in [6.07, 6.45) is 10.8. The largest absolute Gasteiger partial charge is 0.276 e. The first-order valence-corrected chi connectivity index (χ1v) is 51.8. The Labute approximate surface area is 835 Å². The van der Waals surface area contributed by atoms with Crippen LogP contribution in [0.3, 0.4) is 0 Å². The van der Waals surface area contributed by atoms with Crippen LogP contribution in [0.15, 0.2) is 402 Å². The second-order valence-corrected chi connectivity index (χ2v) is 41.8. The average Bonchev–Trinajstić information content (AvgIpc) is 1.53. The summed E-state index contributed by atoms with van der Waals surface area (Å²) in [7, 11) is 0. The van der Waals surface area contributed by atoms with Crippen LogP contribution >= 0.6 is 68.0 Å². The molecule has 32 aromatic rings. The van der Waals surface area contributed by atoms with Crippen LogP contribution in [0.4, 0.5) is 0 Å². The van der Waals surface area contributed by atoms with Gasteiger partial charge in [0, 0.05) is 161 Å². The quantitative estimate of drug-likeness (QED) is 0.133. The lowest BCUT2D eigenvalue weighted by molar-refractivity contribution is 0.955. The lowest BCUT2D eigenvalue weighted by Crippen LogP contribution is -2.06. The van der Waals surface area contributed by atoms with E-state index in [0.29, 0.717) is 29.5 Å². The summed E-state index contributed by atoms with van der Waals surface area (Å²) in [6, 6.07) is 127. The molecule has 16 nitrogen and oxygen atoms in total. The molecule has 0 saturated heterocycles. The normalized spacial score (nSPS) is 12.1. The van der Waals surface area contributed by atoms with E-state index in [-0.39, 0.29) is 0 Å². The maximum atomic E-state index is 5.44. The Morgan fingerprint density at radius 2 is 0.448 bits per heavy atom. The number of para-hydroxylation sites is 5. The molecule has 0 unspecified atom stereocenters. The molecular weight excluding hydrogens is 1870 g/mol. The Hall–Kier alpha value is -17.6. The van der Waals surface area contributed by atoms with Gasteiger partial charge in [0.1, 0.15) is 19.0 Å². The molecule has 32 rings (SSSR count). The van der Waals surface area contributed by atoms with E-state index < -0.39 is 0 Å². The minimum Gasteiger partial charge on any atom is -0.276 e. The number of fused-ring (bicyclic) bond motifs is 38. The Morgan fingerprint density at radius 1 is 0.182 bits per heavy atom. The van der Waals surface area contributed by atoms with Gasteiger partial charge >= 0.3 is 0 Å². The Bertz CT molecular complexity index is 10900. The van der Waals surface area contributed by atoms with Gasteiger partial charge in [0.15, 0.2) is 11.6 Å². The third-order valence-corrected chi connectivity index (χ3v) is 34.5. The molecule has 22 heteroatoms. The third-order valence-electron chi connectivity index (χ3n) is 27.6. The highest BCUT2D eigenvalue weighted by atomic mass is 32.1. The molecule has 666 valence electrons. The molecule has 0 aliphatic heterocycles. The fraction of sp³-hybridized carbons (Fsp3) is 0. The lowest BCUT2D eigenvalue weighted by atomic mass is 10.0. The maximum Gasteiger partial charge on any atom is 0.238 e. The zero-order valence-electron chi connectivity index (χ0n) is 75.2. The van der Waals surface area contributed by atoms with Gasteiger partial charge in [-0.25, -0.2) is 54.8 Å². The zero-order chi connectivity index (χ0) is 93.6. The molecule has 0 radical (unpaired) electrons. The summed E-state index contributed by atoms with van der Waals surface area (Å²) >= 11 is 10.8. The molecule has 0 N–H and O–H groups in total. The van der Waals surface area contributed by atoms with E-state index in [2.05, 4.69) is 350 Å². The summed E-state index contributed by atoms with van der Waals surface area (Å²) < 4.78 is 21.1. The summed E-state index contributed by atoms with van der Waals surface area (Å²) in [6.45, 7) is 0. The molecule has 0 atom stereocenters. The van der Waals surface area contributed by atoms with Crippen LogP contribution in [-0.2, 0) is 0 Å². The van der Waals surface area contributed by atoms with E-state index in [4.69, 9.17) is 49.8 Å². The van der Waals surface area contributed by atoms with Gasteiger partial charge in [-0.3, -0.25) is 13.7 Å². The van der Waals surface area contributed by atoms with E-state index in [1.54, 1.807) is 53.0 Å². The molecule has 0 saturated carbocycles. The number of thiophene rings is 6. The van der Waals surface area contributed by atoms with Crippen molar-refractivity contribution in [2.24, 2.45) is 0 Å². The second kappa shape index (κ2) is 32.5. The number of nitrogens with zero attached hydrogens (tertiary/aromatic N) is 16. The number of rotatable bonds is 9. The summed E-state index contributed by atoms with van der Waals surface area (Å²) in [5, 5.41) is 20.2. The van der Waals surface area contributed by atoms with Crippen LogP contribution < -0.4 is 0 Å². The van der Waals surface area contributed by atoms with Crippen molar-refractivity contribution in [3.63, 3.8) is 0 Å². The average molecular weight is 1940 g/mol. The number of hydrogen-bond acceptors (Lipinski definition) is 19. The predicted octanol–water partition coefficient (Wildman–Crippen LogP) is 33.0. The van der Waals surface area contributed by atoms with Gasteiger partial charge in [0.05, 0.1) is 100 Å². The first-order valence-electron chi connectivity index (χ1n) is 46.9. The van der Waals surface area contributed by atoms with E-state index >= 15 is 0 Å². The van der Waals surface area contributed by atoms with Crippen LogP contribution in [0.2, 0.25) is 0 Å². The Balaban J connectivity index is 0.000000100. The number of aromatic nitrogens is 16. The van der Waals surface area contributed by atoms with Gasteiger partial charge in [0.25, 0.3) is 0 Å². The molecular formula is C121H66N16S6. The molecule has 0 aliphatic rings. The predicted molar refractivity (Wildman–Crippen MR) is 599 cm³/mol. The molecule has 143 heavy (non-hydrogen) atoms. The van der Waals surface area contributed by atoms with E-state index in [9.17, 15) is 0 Å². The minimum absolute atomic E-state index is 0.570. The fourth-order valence-electron chi connectivity index (χ4n) is 21.4.